The molecule has 0 saturated carbocycles. The summed E-state index contributed by atoms with van der Waals surface area (Å²) in [6.45, 7) is 1.89. The Bertz CT molecular complexity index is 941. The zero-order valence-corrected chi connectivity index (χ0v) is 15.8. The summed E-state index contributed by atoms with van der Waals surface area (Å²) in [4.78, 5) is 24.9. The predicted molar refractivity (Wildman–Crippen MR) is 103 cm³/mol. The number of hydrogen-bond donors (Lipinski definition) is 2. The molecular formula is C20H22N2O4S. The lowest BCUT2D eigenvalue weighted by molar-refractivity contribution is 0.0939. The number of carbonyl (C=O) groups excluding carboxylic acids is 2. The van der Waals surface area contributed by atoms with Crippen LogP contribution in [0.5, 0.6) is 0 Å². The summed E-state index contributed by atoms with van der Waals surface area (Å²) >= 11 is 0. The molecular weight excluding hydrogens is 364 g/mol. The smallest absolute Gasteiger partial charge is 0.251 e. The third-order valence-corrected chi connectivity index (χ3v) is 6.37. The van der Waals surface area contributed by atoms with Gasteiger partial charge >= 0.3 is 0 Å². The number of amides is 2. The van der Waals surface area contributed by atoms with Crippen LogP contribution in [-0.4, -0.2) is 37.8 Å². The fourth-order valence-corrected chi connectivity index (χ4v) is 4.76. The molecule has 0 aromatic heterocycles. The first-order chi connectivity index (χ1) is 12.8. The molecule has 2 amide bonds. The van der Waals surface area contributed by atoms with Crippen molar-refractivity contribution in [2.45, 2.75) is 25.4 Å². The maximum atomic E-state index is 12.5. The van der Waals surface area contributed by atoms with E-state index in [4.69, 9.17) is 0 Å². The number of carbonyl (C=O) groups is 2. The summed E-state index contributed by atoms with van der Waals surface area (Å²) in [6, 6.07) is 15.5. The van der Waals surface area contributed by atoms with Gasteiger partial charge in [-0.1, -0.05) is 36.4 Å². The first kappa shape index (κ1) is 19.1. The van der Waals surface area contributed by atoms with Gasteiger partial charge in [-0.3, -0.25) is 9.59 Å². The van der Waals surface area contributed by atoms with Gasteiger partial charge in [-0.25, -0.2) is 8.42 Å². The summed E-state index contributed by atoms with van der Waals surface area (Å²) in [7, 11) is -3.06. The molecule has 0 spiro atoms. The van der Waals surface area contributed by atoms with Gasteiger partial charge in [-0.05, 0) is 37.1 Å². The van der Waals surface area contributed by atoms with Crippen molar-refractivity contribution in [3.05, 3.63) is 71.3 Å². The predicted octanol–water partition coefficient (Wildman–Crippen LogP) is 2.09. The Morgan fingerprint density at radius 2 is 1.67 bits per heavy atom. The molecule has 1 saturated heterocycles. The summed E-state index contributed by atoms with van der Waals surface area (Å²) < 4.78 is 23.0. The van der Waals surface area contributed by atoms with Crippen LogP contribution in [0.3, 0.4) is 0 Å². The van der Waals surface area contributed by atoms with Crippen LogP contribution in [0.4, 0.5) is 0 Å². The summed E-state index contributed by atoms with van der Waals surface area (Å²) in [5.74, 6) is -0.585. The highest BCUT2D eigenvalue weighted by molar-refractivity contribution is 7.91. The van der Waals surface area contributed by atoms with Crippen molar-refractivity contribution in [2.24, 2.45) is 0 Å². The van der Waals surface area contributed by atoms with Crippen molar-refractivity contribution in [3.63, 3.8) is 0 Å². The third kappa shape index (κ3) is 4.95. The molecule has 0 aliphatic carbocycles. The Hall–Kier alpha value is -2.67. The van der Waals surface area contributed by atoms with Gasteiger partial charge in [0.15, 0.2) is 9.84 Å². The van der Waals surface area contributed by atoms with Gasteiger partial charge in [0.05, 0.1) is 17.5 Å². The Labute approximate surface area is 158 Å². The van der Waals surface area contributed by atoms with E-state index in [1.165, 1.54) is 6.07 Å². The zero-order valence-electron chi connectivity index (χ0n) is 15.0. The molecule has 2 aromatic carbocycles. The zero-order chi connectivity index (χ0) is 19.4. The van der Waals surface area contributed by atoms with Crippen molar-refractivity contribution >= 4 is 21.7 Å². The van der Waals surface area contributed by atoms with Crippen LogP contribution in [0.15, 0.2) is 54.6 Å². The minimum atomic E-state index is -3.06. The van der Waals surface area contributed by atoms with Crippen LogP contribution in [0.25, 0.3) is 0 Å². The molecule has 1 heterocycles. The fourth-order valence-electron chi connectivity index (χ4n) is 3.08. The maximum Gasteiger partial charge on any atom is 0.251 e. The van der Waals surface area contributed by atoms with Gasteiger partial charge in [-0.2, -0.15) is 0 Å². The highest BCUT2D eigenvalue weighted by Gasteiger charge is 2.29. The second kappa shape index (κ2) is 7.92. The second-order valence-corrected chi connectivity index (χ2v) is 8.99. The first-order valence-corrected chi connectivity index (χ1v) is 10.6. The SMILES string of the molecule is CC(NC(=O)c1cccc(C(=O)NC2CCS(=O)(=O)C2)c1)c1ccccc1. The average molecular weight is 386 g/mol. The van der Waals surface area contributed by atoms with Gasteiger partial charge in [-0.15, -0.1) is 0 Å². The van der Waals surface area contributed by atoms with E-state index in [-0.39, 0.29) is 35.4 Å². The normalized spacial score (nSPS) is 19.2. The molecule has 0 radical (unpaired) electrons. The van der Waals surface area contributed by atoms with Gasteiger partial charge in [0.2, 0.25) is 0 Å². The summed E-state index contributed by atoms with van der Waals surface area (Å²) in [5.41, 5.74) is 1.70. The quantitative estimate of drug-likeness (QED) is 0.823. The number of rotatable bonds is 5. The topological polar surface area (TPSA) is 92.3 Å². The van der Waals surface area contributed by atoms with Gasteiger partial charge in [0.1, 0.15) is 0 Å². The molecule has 1 fully saturated rings. The molecule has 0 bridgehead atoms. The largest absolute Gasteiger partial charge is 0.348 e. The Morgan fingerprint density at radius 1 is 1.00 bits per heavy atom. The van der Waals surface area contributed by atoms with Crippen LogP contribution >= 0.6 is 0 Å². The fraction of sp³-hybridized carbons (Fsp3) is 0.300. The van der Waals surface area contributed by atoms with Gasteiger partial charge in [0.25, 0.3) is 11.8 Å². The average Bonchev–Trinajstić information content (AvgIpc) is 3.00. The minimum Gasteiger partial charge on any atom is -0.348 e. The second-order valence-electron chi connectivity index (χ2n) is 6.76. The van der Waals surface area contributed by atoms with E-state index in [1.807, 2.05) is 37.3 Å². The lowest BCUT2D eigenvalue weighted by atomic mass is 10.1. The van der Waals surface area contributed by atoms with Crippen molar-refractivity contribution in [2.75, 3.05) is 11.5 Å². The maximum absolute atomic E-state index is 12.5. The Kier molecular flexibility index (Phi) is 5.60. The third-order valence-electron chi connectivity index (χ3n) is 4.60. The van der Waals surface area contributed by atoms with Crippen LogP contribution in [0.2, 0.25) is 0 Å². The molecule has 2 unspecified atom stereocenters. The first-order valence-electron chi connectivity index (χ1n) is 8.81. The van der Waals surface area contributed by atoms with E-state index in [2.05, 4.69) is 10.6 Å². The molecule has 2 atom stereocenters. The molecule has 6 nitrogen and oxygen atoms in total. The number of hydrogen-bond acceptors (Lipinski definition) is 4. The van der Waals surface area contributed by atoms with Crippen LogP contribution in [-0.2, 0) is 9.84 Å². The highest BCUT2D eigenvalue weighted by Crippen LogP contribution is 2.15. The molecule has 3 rings (SSSR count). The number of benzene rings is 2. The summed E-state index contributed by atoms with van der Waals surface area (Å²) in [5, 5.41) is 5.65. The van der Waals surface area contributed by atoms with Crippen molar-refractivity contribution in [1.29, 1.82) is 0 Å². The lowest BCUT2D eigenvalue weighted by Gasteiger charge is -2.15. The lowest BCUT2D eigenvalue weighted by Crippen LogP contribution is -2.35. The van der Waals surface area contributed by atoms with Gasteiger partial charge in [0, 0.05) is 17.2 Å². The molecule has 7 heteroatoms. The van der Waals surface area contributed by atoms with Gasteiger partial charge < -0.3 is 10.6 Å². The molecule has 27 heavy (non-hydrogen) atoms. The van der Waals surface area contributed by atoms with Crippen LogP contribution in [0.1, 0.15) is 45.7 Å². The van der Waals surface area contributed by atoms with Crippen molar-refractivity contribution < 1.29 is 18.0 Å². The molecule has 142 valence electrons. The van der Waals surface area contributed by atoms with Crippen LogP contribution < -0.4 is 10.6 Å². The van der Waals surface area contributed by atoms with E-state index in [0.29, 0.717) is 17.5 Å². The number of nitrogens with one attached hydrogen (secondary N) is 2. The van der Waals surface area contributed by atoms with Crippen molar-refractivity contribution in [3.8, 4) is 0 Å². The summed E-state index contributed by atoms with van der Waals surface area (Å²) in [6.07, 6.45) is 0.419. The van der Waals surface area contributed by atoms with E-state index >= 15 is 0 Å². The van der Waals surface area contributed by atoms with E-state index in [9.17, 15) is 18.0 Å². The number of sulfone groups is 1. The molecule has 1 aliphatic rings. The Balaban J connectivity index is 1.66. The highest BCUT2D eigenvalue weighted by atomic mass is 32.2. The Morgan fingerprint density at radius 3 is 2.30 bits per heavy atom. The van der Waals surface area contributed by atoms with Crippen molar-refractivity contribution in [1.82, 2.24) is 10.6 Å². The standard InChI is InChI=1S/C20H22N2O4S/c1-14(15-6-3-2-4-7-15)21-19(23)16-8-5-9-17(12-16)20(24)22-18-10-11-27(25,26)13-18/h2-9,12,14,18H,10-11,13H2,1H3,(H,21,23)(H,22,24). The van der Waals surface area contributed by atoms with E-state index in [0.717, 1.165) is 5.56 Å². The van der Waals surface area contributed by atoms with E-state index < -0.39 is 9.84 Å². The van der Waals surface area contributed by atoms with Crippen LogP contribution in [0, 0.1) is 0 Å². The molecule has 2 aromatic rings. The van der Waals surface area contributed by atoms with E-state index in [1.54, 1.807) is 18.2 Å². The molecule has 2 N–H and O–H groups in total. The minimum absolute atomic E-state index is 0.0342. The monoisotopic (exact) mass is 386 g/mol. The molecule has 1 aliphatic heterocycles.